The number of fused-ring (bicyclic) bond motifs is 1. The molecule has 4 rings (SSSR count). The van der Waals surface area contributed by atoms with Gasteiger partial charge < -0.3 is 19.3 Å². The second kappa shape index (κ2) is 8.81. The number of ketones is 1. The van der Waals surface area contributed by atoms with Gasteiger partial charge in [0.05, 0.1) is 19.6 Å². The van der Waals surface area contributed by atoms with Crippen LogP contribution in [0.4, 0.5) is 0 Å². The van der Waals surface area contributed by atoms with Crippen molar-refractivity contribution in [1.29, 1.82) is 0 Å². The summed E-state index contributed by atoms with van der Waals surface area (Å²) in [6, 6.07) is 12.5. The van der Waals surface area contributed by atoms with E-state index in [1.165, 1.54) is 6.08 Å². The summed E-state index contributed by atoms with van der Waals surface area (Å²) in [4.78, 5) is 26.9. The van der Waals surface area contributed by atoms with Crippen LogP contribution in [0.25, 0.3) is 0 Å². The van der Waals surface area contributed by atoms with Crippen LogP contribution in [0.15, 0.2) is 54.6 Å². The SMILES string of the molecule is C/C=C/C(=O)CN1CC(c2ccc3c(c2)OCO3)C(C(=O)O)C1c1ccc(OC)cc1. The van der Waals surface area contributed by atoms with Gasteiger partial charge in [-0.3, -0.25) is 14.5 Å². The lowest BCUT2D eigenvalue weighted by molar-refractivity contribution is -0.143. The quantitative estimate of drug-likeness (QED) is 0.683. The summed E-state index contributed by atoms with van der Waals surface area (Å²) >= 11 is 0. The summed E-state index contributed by atoms with van der Waals surface area (Å²) in [6.45, 7) is 2.53. The molecule has 1 fully saturated rings. The lowest BCUT2D eigenvalue weighted by atomic mass is 9.82. The van der Waals surface area contributed by atoms with Crippen LogP contribution in [-0.4, -0.2) is 48.8 Å². The minimum Gasteiger partial charge on any atom is -0.497 e. The summed E-state index contributed by atoms with van der Waals surface area (Å²) in [7, 11) is 1.59. The minimum atomic E-state index is -0.899. The third-order valence-electron chi connectivity index (χ3n) is 5.88. The zero-order chi connectivity index (χ0) is 22.0. The van der Waals surface area contributed by atoms with Crippen LogP contribution in [0.1, 0.15) is 30.0 Å². The molecule has 0 amide bonds. The largest absolute Gasteiger partial charge is 0.497 e. The number of carbonyl (C=O) groups is 2. The molecule has 2 aromatic carbocycles. The smallest absolute Gasteiger partial charge is 0.309 e. The van der Waals surface area contributed by atoms with E-state index in [0.717, 1.165) is 11.1 Å². The van der Waals surface area contributed by atoms with Gasteiger partial charge in [-0.1, -0.05) is 24.3 Å². The maximum atomic E-state index is 12.5. The van der Waals surface area contributed by atoms with Crippen molar-refractivity contribution in [3.05, 3.63) is 65.7 Å². The highest BCUT2D eigenvalue weighted by molar-refractivity contribution is 5.91. The molecule has 0 aliphatic carbocycles. The van der Waals surface area contributed by atoms with Crippen molar-refractivity contribution in [2.45, 2.75) is 18.9 Å². The number of hydrogen-bond acceptors (Lipinski definition) is 6. The van der Waals surface area contributed by atoms with E-state index in [-0.39, 0.29) is 25.0 Å². The van der Waals surface area contributed by atoms with E-state index >= 15 is 0 Å². The molecule has 31 heavy (non-hydrogen) atoms. The van der Waals surface area contributed by atoms with Gasteiger partial charge in [0.2, 0.25) is 6.79 Å². The second-order valence-electron chi connectivity index (χ2n) is 7.70. The number of nitrogens with zero attached hydrogens (tertiary/aromatic N) is 1. The first-order valence-electron chi connectivity index (χ1n) is 10.2. The molecular formula is C24H25NO6. The molecule has 1 N–H and O–H groups in total. The van der Waals surface area contributed by atoms with Crippen molar-refractivity contribution in [3.8, 4) is 17.2 Å². The lowest BCUT2D eigenvalue weighted by Gasteiger charge is -2.26. The summed E-state index contributed by atoms with van der Waals surface area (Å²) in [5.74, 6) is -0.0327. The highest BCUT2D eigenvalue weighted by atomic mass is 16.7. The molecule has 2 aromatic rings. The number of methoxy groups -OCH3 is 1. The van der Waals surface area contributed by atoms with E-state index in [1.54, 1.807) is 20.1 Å². The number of benzene rings is 2. The molecule has 3 unspecified atom stereocenters. The van der Waals surface area contributed by atoms with Gasteiger partial charge in [0.25, 0.3) is 0 Å². The van der Waals surface area contributed by atoms with Gasteiger partial charge in [-0.15, -0.1) is 0 Å². The van der Waals surface area contributed by atoms with Crippen molar-refractivity contribution in [2.24, 2.45) is 5.92 Å². The predicted molar refractivity (Wildman–Crippen MR) is 114 cm³/mol. The Hall–Kier alpha value is -3.32. The van der Waals surface area contributed by atoms with Crippen LogP contribution >= 0.6 is 0 Å². The lowest BCUT2D eigenvalue weighted by Crippen LogP contribution is -2.32. The van der Waals surface area contributed by atoms with E-state index in [2.05, 4.69) is 0 Å². The summed E-state index contributed by atoms with van der Waals surface area (Å²) in [5, 5.41) is 10.2. The zero-order valence-electron chi connectivity index (χ0n) is 17.5. The topological polar surface area (TPSA) is 85.3 Å². The summed E-state index contributed by atoms with van der Waals surface area (Å²) in [6.07, 6.45) is 3.22. The number of carboxylic acid groups (broad SMARTS) is 1. The van der Waals surface area contributed by atoms with E-state index in [4.69, 9.17) is 14.2 Å². The highest BCUT2D eigenvalue weighted by Gasteiger charge is 2.47. The third-order valence-corrected chi connectivity index (χ3v) is 5.88. The average molecular weight is 423 g/mol. The predicted octanol–water partition coefficient (Wildman–Crippen LogP) is 3.41. The average Bonchev–Trinajstić information content (AvgIpc) is 3.38. The Kier molecular flexibility index (Phi) is 5.95. The molecule has 3 atom stereocenters. The molecule has 2 aliphatic heterocycles. The molecule has 2 aliphatic rings. The van der Waals surface area contributed by atoms with E-state index in [1.807, 2.05) is 47.4 Å². The van der Waals surface area contributed by atoms with Gasteiger partial charge in [0.1, 0.15) is 5.75 Å². The van der Waals surface area contributed by atoms with Crippen LogP contribution in [0, 0.1) is 5.92 Å². The molecule has 0 bridgehead atoms. The van der Waals surface area contributed by atoms with E-state index < -0.39 is 17.9 Å². The maximum absolute atomic E-state index is 12.5. The van der Waals surface area contributed by atoms with Gasteiger partial charge in [0.15, 0.2) is 17.3 Å². The summed E-state index contributed by atoms with van der Waals surface area (Å²) < 4.78 is 16.1. The Bertz CT molecular complexity index is 1000. The standard InChI is InChI=1S/C24H25NO6/c1-3-4-17(26)12-25-13-19(16-7-10-20-21(11-16)31-14-30-20)22(24(27)28)23(25)15-5-8-18(29-2)9-6-15/h3-11,19,22-23H,12-14H2,1-2H3,(H,27,28)/b4-3+. The number of aliphatic carboxylic acids is 1. The van der Waals surface area contributed by atoms with Gasteiger partial charge in [-0.25, -0.2) is 0 Å². The Labute approximate surface area is 180 Å². The zero-order valence-corrected chi connectivity index (χ0v) is 17.5. The van der Waals surface area contributed by atoms with Crippen molar-refractivity contribution in [3.63, 3.8) is 0 Å². The van der Waals surface area contributed by atoms with E-state index in [9.17, 15) is 14.7 Å². The second-order valence-corrected chi connectivity index (χ2v) is 7.70. The number of rotatable bonds is 7. The van der Waals surface area contributed by atoms with Crippen LogP contribution in [0.2, 0.25) is 0 Å². The Morgan fingerprint density at radius 1 is 1.13 bits per heavy atom. The molecule has 2 heterocycles. The van der Waals surface area contributed by atoms with Crippen molar-refractivity contribution in [2.75, 3.05) is 27.0 Å². The normalized spacial score (nSPS) is 22.7. The molecule has 7 nitrogen and oxygen atoms in total. The van der Waals surface area contributed by atoms with Crippen LogP contribution in [0.5, 0.6) is 17.2 Å². The number of carboxylic acids is 1. The van der Waals surface area contributed by atoms with Crippen LogP contribution in [-0.2, 0) is 9.59 Å². The Morgan fingerprint density at radius 2 is 1.84 bits per heavy atom. The van der Waals surface area contributed by atoms with E-state index in [0.29, 0.717) is 23.8 Å². The molecule has 0 aromatic heterocycles. The molecule has 162 valence electrons. The number of ether oxygens (including phenoxy) is 3. The highest BCUT2D eigenvalue weighted by Crippen LogP contribution is 2.47. The van der Waals surface area contributed by atoms with Crippen molar-refractivity contribution >= 4 is 11.8 Å². The Morgan fingerprint density at radius 3 is 2.52 bits per heavy atom. The third kappa shape index (κ3) is 4.14. The first kappa shape index (κ1) is 20.9. The molecule has 0 saturated carbocycles. The first-order valence-corrected chi connectivity index (χ1v) is 10.2. The monoisotopic (exact) mass is 423 g/mol. The number of hydrogen-bond donors (Lipinski definition) is 1. The fourth-order valence-corrected chi connectivity index (χ4v) is 4.51. The van der Waals surface area contributed by atoms with Gasteiger partial charge in [-0.2, -0.15) is 0 Å². The molecule has 1 saturated heterocycles. The minimum absolute atomic E-state index is 0.0588. The fraction of sp³-hybridized carbons (Fsp3) is 0.333. The van der Waals surface area contributed by atoms with Gasteiger partial charge in [0, 0.05) is 18.5 Å². The van der Waals surface area contributed by atoms with Gasteiger partial charge >= 0.3 is 5.97 Å². The fourth-order valence-electron chi connectivity index (χ4n) is 4.51. The summed E-state index contributed by atoms with van der Waals surface area (Å²) in [5.41, 5.74) is 1.70. The van der Waals surface area contributed by atoms with Crippen LogP contribution < -0.4 is 14.2 Å². The van der Waals surface area contributed by atoms with Gasteiger partial charge in [-0.05, 0) is 48.4 Å². The number of carbonyl (C=O) groups excluding carboxylic acids is 1. The van der Waals surface area contributed by atoms with Crippen LogP contribution in [0.3, 0.4) is 0 Å². The first-order chi connectivity index (χ1) is 15.0. The Balaban J connectivity index is 1.73. The molecule has 0 radical (unpaired) electrons. The number of likely N-dealkylation sites (tertiary alicyclic amines) is 1. The molecule has 7 heteroatoms. The van der Waals surface area contributed by atoms with Crippen molar-refractivity contribution in [1.82, 2.24) is 4.90 Å². The molecular weight excluding hydrogens is 398 g/mol. The van der Waals surface area contributed by atoms with Crippen molar-refractivity contribution < 1.29 is 28.9 Å². The maximum Gasteiger partial charge on any atom is 0.309 e. The molecule has 0 spiro atoms. The number of allylic oxidation sites excluding steroid dienone is 1.